The van der Waals surface area contributed by atoms with E-state index in [1.54, 1.807) is 12.5 Å². The monoisotopic (exact) mass is 376 g/mol. The topological polar surface area (TPSA) is 70.5 Å². The van der Waals surface area contributed by atoms with Gasteiger partial charge in [-0.2, -0.15) is 0 Å². The highest BCUT2D eigenvalue weighted by Crippen LogP contribution is 2.37. The lowest BCUT2D eigenvalue weighted by Gasteiger charge is -2.33. The van der Waals surface area contributed by atoms with E-state index in [2.05, 4.69) is 43.8 Å². The van der Waals surface area contributed by atoms with Crippen molar-refractivity contribution in [3.05, 3.63) is 12.5 Å². The largest absolute Gasteiger partial charge is 0.517 e. The van der Waals surface area contributed by atoms with E-state index in [4.69, 9.17) is 18.1 Å². The third-order valence-corrected chi connectivity index (χ3v) is 11.2. The van der Waals surface area contributed by atoms with Gasteiger partial charge in [0.05, 0.1) is 11.2 Å². The molecule has 0 saturated carbocycles. The van der Waals surface area contributed by atoms with Crippen molar-refractivity contribution in [1.29, 1.82) is 0 Å². The maximum atomic E-state index is 6.02. The molecule has 26 heavy (non-hydrogen) atoms. The molecule has 1 saturated heterocycles. The summed E-state index contributed by atoms with van der Waals surface area (Å²) in [6.07, 6.45) is 3.19. The average Bonchev–Trinajstić information content (AvgIpc) is 3.17. The molecular weight excluding hydrogens is 347 g/mol. The second-order valence-corrected chi connectivity index (χ2v) is 14.8. The van der Waals surface area contributed by atoms with Crippen molar-refractivity contribution in [3.8, 4) is 11.6 Å². The van der Waals surface area contributed by atoms with Gasteiger partial charge >= 0.3 is 7.12 Å². The number of rotatable bonds is 3. The molecule has 142 valence electrons. The lowest BCUT2D eigenvalue weighted by molar-refractivity contribution is 0.00578. The Morgan fingerprint density at radius 3 is 2.04 bits per heavy atom. The molecule has 3 heterocycles. The molecule has 1 aliphatic rings. The minimum Gasteiger partial charge on any atom is -0.453 e. The Labute approximate surface area is 156 Å². The van der Waals surface area contributed by atoms with Gasteiger partial charge < -0.3 is 18.1 Å². The highest BCUT2D eigenvalue weighted by Gasteiger charge is 2.53. The van der Waals surface area contributed by atoms with Crippen LogP contribution in [0.1, 0.15) is 48.5 Å². The first kappa shape index (κ1) is 19.4. The quantitative estimate of drug-likeness (QED) is 0.766. The van der Waals surface area contributed by atoms with Crippen molar-refractivity contribution in [3.63, 3.8) is 0 Å². The molecule has 0 N–H and O–H groups in total. The van der Waals surface area contributed by atoms with E-state index < -0.39 is 26.4 Å². The fourth-order valence-corrected chi connectivity index (χ4v) is 3.85. The second kappa shape index (κ2) is 5.81. The lowest BCUT2D eigenvalue weighted by atomic mass is 9.86. The van der Waals surface area contributed by atoms with Crippen molar-refractivity contribution in [2.45, 2.75) is 77.8 Å². The summed E-state index contributed by atoms with van der Waals surface area (Å²) in [6.45, 7) is 19.2. The minimum atomic E-state index is -1.85. The summed E-state index contributed by atoms with van der Waals surface area (Å²) in [5, 5.41) is 0.138. The van der Waals surface area contributed by atoms with Gasteiger partial charge in [-0.05, 0) is 32.7 Å². The minimum absolute atomic E-state index is 0.138. The maximum Gasteiger partial charge on any atom is 0.517 e. The van der Waals surface area contributed by atoms with E-state index in [9.17, 15) is 0 Å². The molecule has 8 heteroatoms. The molecule has 1 fully saturated rings. The van der Waals surface area contributed by atoms with Crippen molar-refractivity contribution < 1.29 is 18.1 Å². The molecule has 2 aromatic rings. The summed E-state index contributed by atoms with van der Waals surface area (Å²) in [4.78, 5) is 9.20. The summed E-state index contributed by atoms with van der Waals surface area (Å²) < 4.78 is 23.5. The smallest absolute Gasteiger partial charge is 0.453 e. The number of oxazole rings is 2. The Balaban J connectivity index is 1.84. The van der Waals surface area contributed by atoms with Crippen LogP contribution in [0.25, 0.3) is 11.6 Å². The van der Waals surface area contributed by atoms with E-state index in [1.807, 2.05) is 27.7 Å². The fraction of sp³-hybridized carbons (Fsp3) is 0.667. The van der Waals surface area contributed by atoms with Crippen molar-refractivity contribution in [2.24, 2.45) is 0 Å². The lowest BCUT2D eigenvalue weighted by Crippen LogP contribution is -2.50. The summed E-state index contributed by atoms with van der Waals surface area (Å²) in [5.41, 5.74) is 1.18. The van der Waals surface area contributed by atoms with E-state index >= 15 is 0 Å². The molecule has 1 aliphatic heterocycles. The first-order valence-electron chi connectivity index (χ1n) is 9.02. The average molecular weight is 376 g/mol. The van der Waals surface area contributed by atoms with Crippen LogP contribution in [0.2, 0.25) is 18.1 Å². The van der Waals surface area contributed by atoms with Crippen LogP contribution in [0.5, 0.6) is 0 Å². The predicted octanol–water partition coefficient (Wildman–Crippen LogP) is 3.34. The molecule has 0 amide bonds. The molecule has 3 rings (SSSR count). The third-order valence-electron chi connectivity index (χ3n) is 6.15. The first-order chi connectivity index (χ1) is 11.7. The molecule has 0 aromatic carbocycles. The van der Waals surface area contributed by atoms with Gasteiger partial charge in [0.1, 0.15) is 18.1 Å². The molecule has 0 bridgehead atoms. The van der Waals surface area contributed by atoms with Crippen molar-refractivity contribution in [2.75, 3.05) is 0 Å². The SMILES string of the molecule is CC1(C)OB(c2coc(-c3coc([Si](C)(C)C(C)(C)C)n3)n2)OC1(C)C. The van der Waals surface area contributed by atoms with Crippen LogP contribution in [-0.4, -0.2) is 36.4 Å². The van der Waals surface area contributed by atoms with Crippen LogP contribution in [0.4, 0.5) is 0 Å². The van der Waals surface area contributed by atoms with Crippen LogP contribution in [0.3, 0.4) is 0 Å². The molecular formula is C18H29BN2O4Si. The predicted molar refractivity (Wildman–Crippen MR) is 105 cm³/mol. The fourth-order valence-electron chi connectivity index (χ4n) is 2.46. The van der Waals surface area contributed by atoms with E-state index in [-0.39, 0.29) is 5.04 Å². The van der Waals surface area contributed by atoms with Crippen LogP contribution in [0, 0.1) is 0 Å². The Hall–Kier alpha value is -1.38. The van der Waals surface area contributed by atoms with Crippen LogP contribution in [0.15, 0.2) is 21.4 Å². The summed E-state index contributed by atoms with van der Waals surface area (Å²) in [5.74, 6) is 0.420. The Bertz CT molecular complexity index is 788. The van der Waals surface area contributed by atoms with Crippen molar-refractivity contribution >= 4 is 26.3 Å². The zero-order valence-corrected chi connectivity index (χ0v) is 18.3. The van der Waals surface area contributed by atoms with Gasteiger partial charge in [-0.1, -0.05) is 33.9 Å². The van der Waals surface area contributed by atoms with Gasteiger partial charge in [-0.25, -0.2) is 9.97 Å². The number of nitrogens with zero attached hydrogens (tertiary/aromatic N) is 2. The van der Waals surface area contributed by atoms with Crippen LogP contribution >= 0.6 is 0 Å². The van der Waals surface area contributed by atoms with Gasteiger partial charge in [0.2, 0.25) is 5.89 Å². The molecule has 0 unspecified atom stereocenters. The Kier molecular flexibility index (Phi) is 4.33. The molecule has 6 nitrogen and oxygen atoms in total. The van der Waals surface area contributed by atoms with E-state index in [0.29, 0.717) is 17.2 Å². The number of hydrogen-bond acceptors (Lipinski definition) is 6. The Morgan fingerprint density at radius 2 is 1.50 bits per heavy atom. The highest BCUT2D eigenvalue weighted by molar-refractivity contribution is 6.90. The summed E-state index contributed by atoms with van der Waals surface area (Å²) in [6, 6.07) is 0. The van der Waals surface area contributed by atoms with Crippen LogP contribution < -0.4 is 11.1 Å². The van der Waals surface area contributed by atoms with Crippen molar-refractivity contribution in [1.82, 2.24) is 9.97 Å². The van der Waals surface area contributed by atoms with Gasteiger partial charge in [-0.15, -0.1) is 0 Å². The molecule has 2 aromatic heterocycles. The van der Waals surface area contributed by atoms with Gasteiger partial charge in [0.15, 0.2) is 19.3 Å². The van der Waals surface area contributed by atoms with Gasteiger partial charge in [0, 0.05) is 0 Å². The number of hydrogen-bond donors (Lipinski definition) is 0. The normalized spacial score (nSPS) is 20.0. The molecule has 0 radical (unpaired) electrons. The molecule has 0 atom stereocenters. The van der Waals surface area contributed by atoms with E-state index in [1.165, 1.54) is 0 Å². The third kappa shape index (κ3) is 3.08. The molecule has 0 spiro atoms. The number of aromatic nitrogens is 2. The highest BCUT2D eigenvalue weighted by atomic mass is 28.3. The molecule has 0 aliphatic carbocycles. The van der Waals surface area contributed by atoms with Gasteiger partial charge in [0.25, 0.3) is 0 Å². The Morgan fingerprint density at radius 1 is 0.923 bits per heavy atom. The van der Waals surface area contributed by atoms with Crippen LogP contribution in [-0.2, 0) is 9.31 Å². The zero-order valence-electron chi connectivity index (χ0n) is 17.3. The summed E-state index contributed by atoms with van der Waals surface area (Å²) in [7, 11) is -2.40. The van der Waals surface area contributed by atoms with E-state index in [0.717, 1.165) is 5.51 Å². The summed E-state index contributed by atoms with van der Waals surface area (Å²) >= 11 is 0. The standard InChI is InChI=1S/C18H29BN2O4Si/c1-16(2,3)26(8,9)15-20-12(10-23-15)14-21-13(11-22-14)19-24-17(4,5)18(6,7)25-19/h10-11H,1-9H3. The first-order valence-corrected chi connectivity index (χ1v) is 12.0. The second-order valence-electron chi connectivity index (χ2n) is 9.58. The van der Waals surface area contributed by atoms with Gasteiger partial charge in [-0.3, -0.25) is 0 Å². The maximum absolute atomic E-state index is 6.02. The zero-order chi connectivity index (χ0) is 19.5.